The van der Waals surface area contributed by atoms with Crippen molar-refractivity contribution in [1.82, 2.24) is 20.5 Å². The standard InChI is InChI=1S/C6H7N5O3/c1-12-2-3-8-6(11-13-3)4-5(7)10-14-9-4/h2H2,1H3,(H2,7,10). The molecule has 2 aromatic rings. The SMILES string of the molecule is COCc1nc(-c2nonc2N)no1. The van der Waals surface area contributed by atoms with Crippen molar-refractivity contribution >= 4 is 5.82 Å². The number of aromatic nitrogens is 4. The first-order chi connectivity index (χ1) is 6.81. The molecule has 2 aromatic heterocycles. The van der Waals surface area contributed by atoms with Gasteiger partial charge >= 0.3 is 0 Å². The van der Waals surface area contributed by atoms with Gasteiger partial charge in [0, 0.05) is 7.11 Å². The van der Waals surface area contributed by atoms with Gasteiger partial charge in [-0.3, -0.25) is 0 Å². The highest BCUT2D eigenvalue weighted by atomic mass is 16.6. The van der Waals surface area contributed by atoms with Gasteiger partial charge in [-0.1, -0.05) is 5.16 Å². The molecule has 14 heavy (non-hydrogen) atoms. The number of methoxy groups -OCH3 is 1. The molecule has 2 N–H and O–H groups in total. The Morgan fingerprint density at radius 3 is 2.86 bits per heavy atom. The molecule has 0 aromatic carbocycles. The summed E-state index contributed by atoms with van der Waals surface area (Å²) in [5, 5.41) is 10.5. The zero-order valence-electron chi connectivity index (χ0n) is 7.30. The average Bonchev–Trinajstić information content (AvgIpc) is 2.74. The minimum Gasteiger partial charge on any atom is -0.379 e. The Balaban J connectivity index is 2.29. The fourth-order valence-corrected chi connectivity index (χ4v) is 0.884. The topological polar surface area (TPSA) is 113 Å². The molecule has 8 nitrogen and oxygen atoms in total. The number of ether oxygens (including phenoxy) is 1. The van der Waals surface area contributed by atoms with E-state index < -0.39 is 0 Å². The Labute approximate surface area is 78.0 Å². The Morgan fingerprint density at radius 1 is 1.36 bits per heavy atom. The number of rotatable bonds is 3. The van der Waals surface area contributed by atoms with Crippen LogP contribution in [0.2, 0.25) is 0 Å². The van der Waals surface area contributed by atoms with Gasteiger partial charge in [0.2, 0.25) is 5.82 Å². The first kappa shape index (κ1) is 8.63. The molecular weight excluding hydrogens is 190 g/mol. The highest BCUT2D eigenvalue weighted by Gasteiger charge is 2.15. The lowest BCUT2D eigenvalue weighted by Crippen LogP contribution is -1.91. The lowest BCUT2D eigenvalue weighted by molar-refractivity contribution is 0.151. The van der Waals surface area contributed by atoms with E-state index in [1.807, 2.05) is 0 Å². The van der Waals surface area contributed by atoms with Gasteiger partial charge in [-0.15, -0.1) is 0 Å². The van der Waals surface area contributed by atoms with Crippen molar-refractivity contribution in [2.24, 2.45) is 0 Å². The van der Waals surface area contributed by atoms with E-state index in [0.29, 0.717) is 5.89 Å². The molecule has 0 spiro atoms. The van der Waals surface area contributed by atoms with E-state index in [2.05, 4.69) is 25.1 Å². The predicted octanol–water partition coefficient (Wildman–Crippen LogP) is -0.152. The first-order valence-electron chi connectivity index (χ1n) is 3.71. The maximum atomic E-state index is 5.44. The number of anilines is 1. The van der Waals surface area contributed by atoms with E-state index in [9.17, 15) is 0 Å². The van der Waals surface area contributed by atoms with Crippen molar-refractivity contribution in [3.8, 4) is 11.5 Å². The van der Waals surface area contributed by atoms with Crippen LogP contribution in [0.1, 0.15) is 5.89 Å². The van der Waals surface area contributed by atoms with Crippen LogP contribution in [-0.4, -0.2) is 27.6 Å². The Hall–Kier alpha value is -1.96. The molecule has 0 aliphatic rings. The Bertz CT molecular complexity index is 423. The third-order valence-corrected chi connectivity index (χ3v) is 1.46. The summed E-state index contributed by atoms with van der Waals surface area (Å²) in [6.45, 7) is 0.234. The van der Waals surface area contributed by atoms with E-state index >= 15 is 0 Å². The molecule has 0 aliphatic heterocycles. The van der Waals surface area contributed by atoms with Crippen LogP contribution in [-0.2, 0) is 11.3 Å². The van der Waals surface area contributed by atoms with Crippen molar-refractivity contribution < 1.29 is 13.9 Å². The maximum absolute atomic E-state index is 5.44. The molecule has 0 aliphatic carbocycles. The van der Waals surface area contributed by atoms with Gasteiger partial charge in [0.05, 0.1) is 0 Å². The van der Waals surface area contributed by atoms with Crippen LogP contribution in [0.5, 0.6) is 0 Å². The minimum absolute atomic E-state index is 0.120. The summed E-state index contributed by atoms with van der Waals surface area (Å²) >= 11 is 0. The molecule has 8 heteroatoms. The fraction of sp³-hybridized carbons (Fsp3) is 0.333. The molecular formula is C6H7N5O3. The van der Waals surface area contributed by atoms with Gasteiger partial charge in [-0.25, -0.2) is 4.63 Å². The summed E-state index contributed by atoms with van der Waals surface area (Å²) in [6, 6.07) is 0. The van der Waals surface area contributed by atoms with Gasteiger partial charge in [-0.2, -0.15) is 4.98 Å². The van der Waals surface area contributed by atoms with Crippen molar-refractivity contribution in [1.29, 1.82) is 0 Å². The molecule has 74 valence electrons. The second-order valence-electron chi connectivity index (χ2n) is 2.44. The third kappa shape index (κ3) is 1.42. The smallest absolute Gasteiger partial charge is 0.252 e. The van der Waals surface area contributed by atoms with Crippen LogP contribution < -0.4 is 5.73 Å². The summed E-state index contributed by atoms with van der Waals surface area (Å²) in [5.41, 5.74) is 5.70. The molecule has 0 saturated carbocycles. The number of hydrogen-bond acceptors (Lipinski definition) is 8. The highest BCUT2D eigenvalue weighted by Crippen LogP contribution is 2.18. The van der Waals surface area contributed by atoms with Crippen LogP contribution in [0.3, 0.4) is 0 Å². The summed E-state index contributed by atoms with van der Waals surface area (Å²) in [6.07, 6.45) is 0. The summed E-state index contributed by atoms with van der Waals surface area (Å²) < 4.78 is 14.0. The number of nitrogen functional groups attached to an aromatic ring is 1. The quantitative estimate of drug-likeness (QED) is 0.722. The van der Waals surface area contributed by atoms with Crippen molar-refractivity contribution in [3.63, 3.8) is 0 Å². The van der Waals surface area contributed by atoms with Gasteiger partial charge in [0.1, 0.15) is 6.61 Å². The largest absolute Gasteiger partial charge is 0.379 e. The van der Waals surface area contributed by atoms with E-state index in [1.54, 1.807) is 0 Å². The van der Waals surface area contributed by atoms with E-state index in [-0.39, 0.29) is 23.9 Å². The summed E-state index contributed by atoms with van der Waals surface area (Å²) in [5.74, 6) is 0.690. The zero-order valence-corrected chi connectivity index (χ0v) is 7.30. The van der Waals surface area contributed by atoms with E-state index in [4.69, 9.17) is 15.0 Å². The number of hydrogen-bond donors (Lipinski definition) is 1. The molecule has 0 unspecified atom stereocenters. The average molecular weight is 197 g/mol. The van der Waals surface area contributed by atoms with E-state index in [1.165, 1.54) is 7.11 Å². The summed E-state index contributed by atoms with van der Waals surface area (Å²) in [7, 11) is 1.52. The lowest BCUT2D eigenvalue weighted by Gasteiger charge is -1.86. The van der Waals surface area contributed by atoms with Crippen LogP contribution in [0.4, 0.5) is 5.82 Å². The zero-order chi connectivity index (χ0) is 9.97. The molecule has 0 amide bonds. The molecule has 0 fully saturated rings. The molecule has 0 radical (unpaired) electrons. The van der Waals surface area contributed by atoms with Gasteiger partial charge in [-0.05, 0) is 10.3 Å². The van der Waals surface area contributed by atoms with Crippen LogP contribution >= 0.6 is 0 Å². The van der Waals surface area contributed by atoms with Gasteiger partial charge in [0.15, 0.2) is 11.5 Å². The summed E-state index contributed by atoms with van der Waals surface area (Å²) in [4.78, 5) is 3.96. The normalized spacial score (nSPS) is 10.6. The van der Waals surface area contributed by atoms with Crippen LogP contribution in [0.15, 0.2) is 9.15 Å². The molecule has 0 bridgehead atoms. The fourth-order valence-electron chi connectivity index (χ4n) is 0.884. The third-order valence-electron chi connectivity index (χ3n) is 1.46. The van der Waals surface area contributed by atoms with E-state index in [0.717, 1.165) is 0 Å². The maximum Gasteiger partial charge on any atom is 0.252 e. The van der Waals surface area contributed by atoms with Gasteiger partial charge < -0.3 is 15.0 Å². The lowest BCUT2D eigenvalue weighted by atomic mass is 10.4. The molecule has 0 saturated heterocycles. The molecule has 2 heterocycles. The second-order valence-corrected chi connectivity index (χ2v) is 2.44. The minimum atomic E-state index is 0.120. The van der Waals surface area contributed by atoms with Crippen LogP contribution in [0.25, 0.3) is 11.5 Å². The van der Waals surface area contributed by atoms with Crippen molar-refractivity contribution in [2.75, 3.05) is 12.8 Å². The van der Waals surface area contributed by atoms with Crippen molar-refractivity contribution in [2.45, 2.75) is 6.61 Å². The molecule has 2 rings (SSSR count). The van der Waals surface area contributed by atoms with Gasteiger partial charge in [0.25, 0.3) is 5.89 Å². The number of nitrogens with two attached hydrogens (primary N) is 1. The first-order valence-corrected chi connectivity index (χ1v) is 3.71. The van der Waals surface area contributed by atoms with Crippen LogP contribution in [0, 0.1) is 0 Å². The second kappa shape index (κ2) is 3.42. The van der Waals surface area contributed by atoms with Crippen molar-refractivity contribution in [3.05, 3.63) is 5.89 Å². The number of nitrogens with zero attached hydrogens (tertiary/aromatic N) is 4. The predicted molar refractivity (Wildman–Crippen MR) is 42.7 cm³/mol. The highest BCUT2D eigenvalue weighted by molar-refractivity contribution is 5.61. The Morgan fingerprint density at radius 2 is 2.21 bits per heavy atom. The Kier molecular flexibility index (Phi) is 2.11. The monoisotopic (exact) mass is 197 g/mol. The molecule has 0 atom stereocenters.